The predicted octanol–water partition coefficient (Wildman–Crippen LogP) is 0.547. The highest BCUT2D eigenvalue weighted by molar-refractivity contribution is 7.92. The zero-order valence-corrected chi connectivity index (χ0v) is 13.0. The molecule has 2 amide bonds. The van der Waals surface area contributed by atoms with Crippen molar-refractivity contribution in [3.63, 3.8) is 0 Å². The fourth-order valence-corrected chi connectivity index (χ4v) is 2.66. The lowest BCUT2D eigenvalue weighted by Crippen LogP contribution is -2.37. The summed E-state index contributed by atoms with van der Waals surface area (Å²) in [7, 11) is -3.46. The van der Waals surface area contributed by atoms with Gasteiger partial charge >= 0.3 is 0 Å². The van der Waals surface area contributed by atoms with Crippen molar-refractivity contribution >= 4 is 33.2 Å². The molecular weight excluding hydrogens is 294 g/mol. The minimum absolute atomic E-state index is 0.137. The molecule has 0 radical (unpaired) electrons. The summed E-state index contributed by atoms with van der Waals surface area (Å²) in [5.74, 6) is -0.419. The molecule has 21 heavy (non-hydrogen) atoms. The highest BCUT2D eigenvalue weighted by Crippen LogP contribution is 2.20. The Hall–Kier alpha value is -2.09. The summed E-state index contributed by atoms with van der Waals surface area (Å²) < 4.78 is 24.8. The first-order valence-electron chi connectivity index (χ1n) is 6.30. The second-order valence-corrected chi connectivity index (χ2v) is 6.45. The third kappa shape index (κ3) is 5.82. The van der Waals surface area contributed by atoms with Gasteiger partial charge in [0.05, 0.1) is 18.5 Å². The van der Waals surface area contributed by atoms with Gasteiger partial charge in [-0.1, -0.05) is 0 Å². The minimum Gasteiger partial charge on any atom is -0.355 e. The molecule has 0 fully saturated rings. The van der Waals surface area contributed by atoms with Crippen LogP contribution in [0.3, 0.4) is 0 Å². The van der Waals surface area contributed by atoms with Gasteiger partial charge in [-0.05, 0) is 24.3 Å². The van der Waals surface area contributed by atoms with Crippen LogP contribution in [0, 0.1) is 0 Å². The number of sulfonamides is 1. The predicted molar refractivity (Wildman–Crippen MR) is 81.6 cm³/mol. The first-order valence-corrected chi connectivity index (χ1v) is 8.15. The summed E-state index contributed by atoms with van der Waals surface area (Å²) >= 11 is 0. The fourth-order valence-electron chi connectivity index (χ4n) is 1.73. The van der Waals surface area contributed by atoms with Gasteiger partial charge in [-0.3, -0.25) is 13.9 Å². The third-order valence-electron chi connectivity index (χ3n) is 2.56. The van der Waals surface area contributed by atoms with Crippen molar-refractivity contribution < 1.29 is 18.0 Å². The summed E-state index contributed by atoms with van der Waals surface area (Å²) in [6.07, 6.45) is 1.10. The molecule has 0 saturated heterocycles. The molecular formula is C13H19N3O4S. The summed E-state index contributed by atoms with van der Waals surface area (Å²) in [5.41, 5.74) is 1.05. The maximum Gasteiger partial charge on any atom is 0.232 e. The highest BCUT2D eigenvalue weighted by Gasteiger charge is 2.17. The number of nitrogens with zero attached hydrogens (tertiary/aromatic N) is 1. The molecule has 8 heteroatoms. The Balaban J connectivity index is 2.88. The van der Waals surface area contributed by atoms with E-state index in [-0.39, 0.29) is 24.9 Å². The van der Waals surface area contributed by atoms with E-state index >= 15 is 0 Å². The average molecular weight is 313 g/mol. The van der Waals surface area contributed by atoms with Crippen LogP contribution in [0.1, 0.15) is 13.8 Å². The van der Waals surface area contributed by atoms with Gasteiger partial charge in [-0.15, -0.1) is 0 Å². The first-order chi connectivity index (χ1) is 9.70. The van der Waals surface area contributed by atoms with Gasteiger partial charge in [0, 0.05) is 26.1 Å². The monoisotopic (exact) mass is 313 g/mol. The normalized spacial score (nSPS) is 10.8. The molecule has 0 bridgehead atoms. The molecule has 0 saturated carbocycles. The van der Waals surface area contributed by atoms with E-state index in [1.54, 1.807) is 24.3 Å². The number of carbonyl (C=O) groups is 2. The number of hydrogen-bond acceptors (Lipinski definition) is 4. The van der Waals surface area contributed by atoms with E-state index in [2.05, 4.69) is 10.6 Å². The lowest BCUT2D eigenvalue weighted by atomic mass is 10.2. The number of amides is 2. The maximum absolute atomic E-state index is 11.8. The molecule has 0 unspecified atom stereocenters. The number of rotatable bonds is 6. The summed E-state index contributed by atoms with van der Waals surface area (Å²) in [5, 5.41) is 5.16. The lowest BCUT2D eigenvalue weighted by Gasteiger charge is -2.22. The Bertz CT molecular complexity index is 611. The Morgan fingerprint density at radius 1 is 1.10 bits per heavy atom. The van der Waals surface area contributed by atoms with Crippen LogP contribution >= 0.6 is 0 Å². The maximum atomic E-state index is 11.8. The van der Waals surface area contributed by atoms with Gasteiger partial charge in [-0.25, -0.2) is 8.42 Å². The van der Waals surface area contributed by atoms with E-state index in [9.17, 15) is 18.0 Å². The Labute approximate surface area is 124 Å². The van der Waals surface area contributed by atoms with Crippen molar-refractivity contribution in [2.75, 3.05) is 29.0 Å². The van der Waals surface area contributed by atoms with Crippen molar-refractivity contribution in [3.8, 4) is 0 Å². The van der Waals surface area contributed by atoms with Gasteiger partial charge < -0.3 is 10.6 Å². The van der Waals surface area contributed by atoms with Crippen LogP contribution in [0.4, 0.5) is 11.4 Å². The molecule has 0 spiro atoms. The lowest BCUT2D eigenvalue weighted by molar-refractivity contribution is -0.119. The van der Waals surface area contributed by atoms with E-state index in [4.69, 9.17) is 0 Å². The first kappa shape index (κ1) is 17.0. The molecule has 2 N–H and O–H groups in total. The Morgan fingerprint density at radius 3 is 2.10 bits per heavy atom. The van der Waals surface area contributed by atoms with Crippen LogP contribution in [-0.4, -0.2) is 39.6 Å². The number of hydrogen-bond donors (Lipinski definition) is 2. The number of anilines is 2. The van der Waals surface area contributed by atoms with Crippen LogP contribution in [0.25, 0.3) is 0 Å². The molecule has 1 aromatic carbocycles. The SMILES string of the molecule is CC(=O)NCCN(c1ccc(NC(C)=O)cc1)S(C)(=O)=O. The smallest absolute Gasteiger partial charge is 0.232 e. The topological polar surface area (TPSA) is 95.6 Å². The molecule has 0 aromatic heterocycles. The highest BCUT2D eigenvalue weighted by atomic mass is 32.2. The Morgan fingerprint density at radius 2 is 1.67 bits per heavy atom. The molecule has 7 nitrogen and oxygen atoms in total. The van der Waals surface area contributed by atoms with Gasteiger partial charge in [0.2, 0.25) is 21.8 Å². The van der Waals surface area contributed by atoms with Crippen molar-refractivity contribution in [2.24, 2.45) is 0 Å². The van der Waals surface area contributed by atoms with E-state index in [1.165, 1.54) is 18.2 Å². The average Bonchev–Trinajstić information content (AvgIpc) is 2.33. The van der Waals surface area contributed by atoms with Gasteiger partial charge in [0.1, 0.15) is 0 Å². The van der Waals surface area contributed by atoms with E-state index < -0.39 is 10.0 Å². The molecule has 1 aromatic rings. The van der Waals surface area contributed by atoms with Crippen LogP contribution in [-0.2, 0) is 19.6 Å². The molecule has 0 aliphatic carbocycles. The van der Waals surface area contributed by atoms with E-state index in [0.29, 0.717) is 11.4 Å². The van der Waals surface area contributed by atoms with Crippen molar-refractivity contribution in [3.05, 3.63) is 24.3 Å². The molecule has 0 heterocycles. The van der Waals surface area contributed by atoms with Crippen LogP contribution in [0.15, 0.2) is 24.3 Å². The minimum atomic E-state index is -3.46. The van der Waals surface area contributed by atoms with Crippen molar-refractivity contribution in [1.82, 2.24) is 5.32 Å². The summed E-state index contributed by atoms with van der Waals surface area (Å²) in [4.78, 5) is 21.8. The summed E-state index contributed by atoms with van der Waals surface area (Å²) in [6, 6.07) is 6.43. The number of nitrogens with one attached hydrogen (secondary N) is 2. The van der Waals surface area contributed by atoms with Crippen LogP contribution < -0.4 is 14.9 Å². The summed E-state index contributed by atoms with van der Waals surface area (Å²) in [6.45, 7) is 3.12. The zero-order chi connectivity index (χ0) is 16.0. The molecule has 0 aliphatic rings. The van der Waals surface area contributed by atoms with Crippen molar-refractivity contribution in [1.29, 1.82) is 0 Å². The second kappa shape index (κ2) is 7.07. The van der Waals surface area contributed by atoms with Crippen molar-refractivity contribution in [2.45, 2.75) is 13.8 Å². The van der Waals surface area contributed by atoms with Gasteiger partial charge in [0.25, 0.3) is 0 Å². The molecule has 0 aliphatic heterocycles. The number of benzene rings is 1. The van der Waals surface area contributed by atoms with Crippen LogP contribution in [0.2, 0.25) is 0 Å². The van der Waals surface area contributed by atoms with Gasteiger partial charge in [-0.2, -0.15) is 0 Å². The molecule has 116 valence electrons. The van der Waals surface area contributed by atoms with Gasteiger partial charge in [0.15, 0.2) is 0 Å². The molecule has 0 atom stereocenters. The number of carbonyl (C=O) groups excluding carboxylic acids is 2. The largest absolute Gasteiger partial charge is 0.355 e. The standard InChI is InChI=1S/C13H19N3O4S/c1-10(17)14-8-9-16(21(3,19)20)13-6-4-12(5-7-13)15-11(2)18/h4-7H,8-9H2,1-3H3,(H,14,17)(H,15,18). The molecule has 1 rings (SSSR count). The third-order valence-corrected chi connectivity index (χ3v) is 3.76. The van der Waals surface area contributed by atoms with E-state index in [1.807, 2.05) is 0 Å². The quantitative estimate of drug-likeness (QED) is 0.801. The fraction of sp³-hybridized carbons (Fsp3) is 0.385. The second-order valence-electron chi connectivity index (χ2n) is 4.55. The Kier molecular flexibility index (Phi) is 5.71. The zero-order valence-electron chi connectivity index (χ0n) is 12.2. The van der Waals surface area contributed by atoms with E-state index in [0.717, 1.165) is 6.26 Å². The van der Waals surface area contributed by atoms with Crippen LogP contribution in [0.5, 0.6) is 0 Å².